The lowest BCUT2D eigenvalue weighted by Crippen LogP contribution is -2.70. The van der Waals surface area contributed by atoms with E-state index in [9.17, 15) is 20.1 Å². The summed E-state index contributed by atoms with van der Waals surface area (Å²) in [5.74, 6) is -1.02. The Balaban J connectivity index is 1.15. The highest BCUT2D eigenvalue weighted by Gasteiger charge is 2.75. The van der Waals surface area contributed by atoms with Crippen molar-refractivity contribution in [3.05, 3.63) is 23.8 Å². The van der Waals surface area contributed by atoms with Gasteiger partial charge in [0.1, 0.15) is 0 Å². The molecule has 4 aliphatic carbocycles. The molecule has 0 aromatic carbocycles. The van der Waals surface area contributed by atoms with Crippen LogP contribution in [0.2, 0.25) is 0 Å². The predicted octanol–water partition coefficient (Wildman–Crippen LogP) is 4.11. The maximum atomic E-state index is 17.3. The molecule has 0 aromatic rings. The Morgan fingerprint density at radius 1 is 0.957 bits per heavy atom. The molecule has 0 aliphatic heterocycles. The van der Waals surface area contributed by atoms with Crippen LogP contribution in [0.15, 0.2) is 23.8 Å². The van der Waals surface area contributed by atoms with E-state index in [1.807, 2.05) is 13.8 Å². The topological polar surface area (TPSA) is 127 Å². The predicted molar refractivity (Wildman–Crippen MR) is 174 cm³/mol. The second-order valence-electron chi connectivity index (χ2n) is 14.1. The molecule has 3 fully saturated rings. The third-order valence-electron chi connectivity index (χ3n) is 11.5. The molecule has 4 rings (SSSR count). The van der Waals surface area contributed by atoms with Crippen LogP contribution in [0.5, 0.6) is 0 Å². The second kappa shape index (κ2) is 16.5. The summed E-state index contributed by atoms with van der Waals surface area (Å²) in [4.78, 5) is 13.6. The summed E-state index contributed by atoms with van der Waals surface area (Å²) in [6.07, 6.45) is 8.80. The summed E-state index contributed by atoms with van der Waals surface area (Å²) >= 11 is 5.67. The van der Waals surface area contributed by atoms with Gasteiger partial charge in [0, 0.05) is 35.8 Å². The van der Waals surface area contributed by atoms with Gasteiger partial charge in [-0.2, -0.15) is 0 Å². The van der Waals surface area contributed by atoms with Gasteiger partial charge in [0.05, 0.1) is 58.5 Å². The highest BCUT2D eigenvalue weighted by atomic mass is 35.5. The number of hydrogen-bond acceptors (Lipinski definition) is 8. The van der Waals surface area contributed by atoms with Crippen LogP contribution in [0.4, 0.5) is 4.39 Å². The molecule has 0 spiro atoms. The van der Waals surface area contributed by atoms with E-state index in [4.69, 9.17) is 30.5 Å². The second-order valence-corrected chi connectivity index (χ2v) is 14.5. The fourth-order valence-electron chi connectivity index (χ4n) is 8.93. The Kier molecular flexibility index (Phi) is 13.5. The molecular weight excluding hydrogens is 617 g/mol. The molecule has 0 saturated heterocycles. The number of unbranched alkanes of at least 4 members (excludes halogenated alkanes) is 3. The number of hydrogen-bond donors (Lipinski definition) is 4. The van der Waals surface area contributed by atoms with Gasteiger partial charge in [-0.25, -0.2) is 4.39 Å². The van der Waals surface area contributed by atoms with Gasteiger partial charge in [-0.3, -0.25) is 4.79 Å². The van der Waals surface area contributed by atoms with Gasteiger partial charge in [0.15, 0.2) is 11.3 Å². The van der Waals surface area contributed by atoms with Crippen molar-refractivity contribution in [2.75, 3.05) is 65.3 Å². The normalized spacial score (nSPS) is 38.2. The molecule has 4 aliphatic rings. The van der Waals surface area contributed by atoms with E-state index in [-0.39, 0.29) is 25.5 Å². The first kappa shape index (κ1) is 37.7. The van der Waals surface area contributed by atoms with Crippen LogP contribution in [0.1, 0.15) is 72.1 Å². The van der Waals surface area contributed by atoms with E-state index in [1.165, 1.54) is 0 Å². The van der Waals surface area contributed by atoms with Crippen molar-refractivity contribution in [1.82, 2.24) is 5.32 Å². The molecule has 0 heterocycles. The average Bonchev–Trinajstić information content (AvgIpc) is 3.22. The minimum Gasteiger partial charge on any atom is -0.390 e. The molecule has 3 unspecified atom stereocenters. The lowest BCUT2D eigenvalue weighted by Gasteiger charge is -2.62. The molecular formula is C35H57ClFNO8. The number of carbonyl (C=O) groups excluding carboxylic acids is 1. The summed E-state index contributed by atoms with van der Waals surface area (Å²) < 4.78 is 39.5. The van der Waals surface area contributed by atoms with Gasteiger partial charge < -0.3 is 39.6 Å². The van der Waals surface area contributed by atoms with Crippen LogP contribution in [-0.4, -0.2) is 110 Å². The zero-order valence-corrected chi connectivity index (χ0v) is 28.7. The van der Waals surface area contributed by atoms with Crippen molar-refractivity contribution in [3.8, 4) is 0 Å². The van der Waals surface area contributed by atoms with Crippen molar-refractivity contribution in [2.24, 2.45) is 28.6 Å². The maximum Gasteiger partial charge on any atom is 0.252 e. The van der Waals surface area contributed by atoms with Crippen LogP contribution in [0.3, 0.4) is 0 Å². The Labute approximate surface area is 279 Å². The number of rotatable bonds is 19. The van der Waals surface area contributed by atoms with Crippen molar-refractivity contribution >= 4 is 17.5 Å². The monoisotopic (exact) mass is 673 g/mol. The Morgan fingerprint density at radius 3 is 2.22 bits per heavy atom. The quantitative estimate of drug-likeness (QED) is 0.0918. The number of aliphatic hydroxyl groups is 3. The minimum atomic E-state index is -1.96. The first-order chi connectivity index (χ1) is 22.0. The Hall–Kier alpha value is -1.11. The molecule has 4 N–H and O–H groups in total. The fraction of sp³-hybridized carbons (Fsp3) is 0.857. The van der Waals surface area contributed by atoms with E-state index in [0.29, 0.717) is 58.9 Å². The van der Waals surface area contributed by atoms with Crippen molar-refractivity contribution in [1.29, 1.82) is 0 Å². The Morgan fingerprint density at radius 2 is 1.57 bits per heavy atom. The molecule has 1 amide bonds. The highest BCUT2D eigenvalue weighted by Crippen LogP contribution is 2.70. The van der Waals surface area contributed by atoms with Crippen molar-refractivity contribution in [2.45, 2.75) is 95.6 Å². The molecule has 46 heavy (non-hydrogen) atoms. The van der Waals surface area contributed by atoms with Crippen LogP contribution in [0.25, 0.3) is 0 Å². The van der Waals surface area contributed by atoms with E-state index in [2.05, 4.69) is 5.32 Å². The van der Waals surface area contributed by atoms with Gasteiger partial charge in [-0.1, -0.05) is 50.5 Å². The third-order valence-corrected chi connectivity index (χ3v) is 11.8. The zero-order valence-electron chi connectivity index (χ0n) is 28.0. The zero-order chi connectivity index (χ0) is 33.4. The molecule has 0 bridgehead atoms. The molecule has 11 heteroatoms. The average molecular weight is 674 g/mol. The van der Waals surface area contributed by atoms with Gasteiger partial charge >= 0.3 is 0 Å². The standard InChI is InChI=1S/C35H57ClFNO8/c1-25-22-29-28-9-8-26-23-27(39)10-11-32(26,2)34(28,37)30(40)24-33(29,3)35(25,42)31(41)38-13-15-44-17-19-46-21-20-45-18-16-43-14-7-5-4-6-12-36/h10-11,23,25,27-30,39-40,42H,4-9,12-22,24H2,1-3H3,(H,38,41)/t25-,27?,28?,29?,30+,32+,33+,34+,35+/m1/s1. The van der Waals surface area contributed by atoms with E-state index < -0.39 is 52.1 Å². The van der Waals surface area contributed by atoms with Crippen LogP contribution in [0, 0.1) is 28.6 Å². The van der Waals surface area contributed by atoms with Crippen molar-refractivity contribution < 1.29 is 43.5 Å². The smallest absolute Gasteiger partial charge is 0.252 e. The number of ether oxygens (including phenoxy) is 4. The summed E-state index contributed by atoms with van der Waals surface area (Å²) in [6, 6.07) is 0. The number of fused-ring (bicyclic) bond motifs is 5. The molecule has 3 saturated carbocycles. The molecule has 9 nitrogen and oxygen atoms in total. The number of carbonyl (C=O) groups is 1. The molecule has 0 radical (unpaired) electrons. The number of nitrogens with one attached hydrogen (secondary N) is 1. The largest absolute Gasteiger partial charge is 0.390 e. The van der Waals surface area contributed by atoms with Gasteiger partial charge in [-0.05, 0) is 57.3 Å². The van der Waals surface area contributed by atoms with Gasteiger partial charge in [0.25, 0.3) is 5.91 Å². The van der Waals surface area contributed by atoms with Crippen LogP contribution < -0.4 is 5.32 Å². The van der Waals surface area contributed by atoms with Crippen LogP contribution in [-0.2, 0) is 23.7 Å². The first-order valence-corrected chi connectivity index (χ1v) is 17.8. The van der Waals surface area contributed by atoms with E-state index in [1.54, 1.807) is 25.2 Å². The van der Waals surface area contributed by atoms with E-state index >= 15 is 4.39 Å². The summed E-state index contributed by atoms with van der Waals surface area (Å²) in [5.41, 5.74) is -4.95. The SMILES string of the molecule is C[C@@H]1CC2C3CCC4=CC(O)C=C[C@]4(C)[C@@]3(F)[C@@H](O)C[C@]2(C)[C@@]1(O)C(=O)NCCOCCOCCOCCOCCCCCCCl. The van der Waals surface area contributed by atoms with Crippen molar-refractivity contribution in [3.63, 3.8) is 0 Å². The highest BCUT2D eigenvalue weighted by molar-refractivity contribution is 6.17. The van der Waals surface area contributed by atoms with Crippen LogP contribution >= 0.6 is 11.6 Å². The number of halogens is 2. The third kappa shape index (κ3) is 7.39. The summed E-state index contributed by atoms with van der Waals surface area (Å²) in [7, 11) is 0. The number of amides is 1. The number of allylic oxidation sites excluding steroid dienone is 2. The number of aliphatic hydroxyl groups excluding tert-OH is 2. The van der Waals surface area contributed by atoms with Gasteiger partial charge in [0.2, 0.25) is 0 Å². The lowest BCUT2D eigenvalue weighted by atomic mass is 9.44. The molecule has 264 valence electrons. The Bertz CT molecular complexity index is 1060. The summed E-state index contributed by atoms with van der Waals surface area (Å²) in [6.45, 7) is 9.47. The fourth-order valence-corrected chi connectivity index (χ4v) is 9.12. The minimum absolute atomic E-state index is 0.0296. The summed E-state index contributed by atoms with van der Waals surface area (Å²) in [5, 5.41) is 36.5. The molecule has 9 atom stereocenters. The lowest BCUT2D eigenvalue weighted by molar-refractivity contribution is -0.219. The first-order valence-electron chi connectivity index (χ1n) is 17.3. The maximum absolute atomic E-state index is 17.3. The van der Waals surface area contributed by atoms with E-state index in [0.717, 1.165) is 43.7 Å². The number of alkyl halides is 2. The molecule has 0 aromatic heterocycles. The van der Waals surface area contributed by atoms with Gasteiger partial charge in [-0.15, -0.1) is 11.6 Å².